The number of carbonyl (C=O) groups is 1. The normalized spacial score (nSPS) is 11.7. The second-order valence-electron chi connectivity index (χ2n) is 5.97. The van der Waals surface area contributed by atoms with E-state index in [0.717, 1.165) is 23.6 Å². The van der Waals surface area contributed by atoms with E-state index in [-0.39, 0.29) is 0 Å². The summed E-state index contributed by atoms with van der Waals surface area (Å²) in [5, 5.41) is 1.71. The molecule has 4 heteroatoms. The number of halogens is 1. The molecule has 1 aromatic rings. The molecule has 0 radical (unpaired) electrons. The van der Waals surface area contributed by atoms with Crippen LogP contribution in [0, 0.1) is 6.92 Å². The molecule has 1 amide bonds. The van der Waals surface area contributed by atoms with Gasteiger partial charge in [-0.2, -0.15) is 0 Å². The van der Waals surface area contributed by atoms with Gasteiger partial charge in [-0.05, 0) is 41.6 Å². The van der Waals surface area contributed by atoms with Crippen molar-refractivity contribution in [1.82, 2.24) is 0 Å². The van der Waals surface area contributed by atoms with Crippen molar-refractivity contribution in [2.24, 2.45) is 5.73 Å². The maximum Gasteiger partial charge on any atom is 0.250 e. The lowest BCUT2D eigenvalue weighted by Gasteiger charge is -2.28. The fraction of sp³-hybridized carbons (Fsp3) is 0.533. The Bertz CT molecular complexity index is 518. The van der Waals surface area contributed by atoms with Crippen LogP contribution in [-0.4, -0.2) is 14.0 Å². The molecular formula is C15H24ClNOSi. The van der Waals surface area contributed by atoms with Crippen LogP contribution in [0.1, 0.15) is 40.9 Å². The smallest absolute Gasteiger partial charge is 0.250 e. The zero-order valence-electron chi connectivity index (χ0n) is 12.8. The molecule has 0 heterocycles. The van der Waals surface area contributed by atoms with Gasteiger partial charge in [-0.25, -0.2) is 0 Å². The zero-order valence-corrected chi connectivity index (χ0v) is 14.5. The minimum atomic E-state index is -1.69. The Morgan fingerprint density at radius 3 is 1.95 bits per heavy atom. The predicted molar refractivity (Wildman–Crippen MR) is 86.4 cm³/mol. The SMILES string of the molecule is CCc1c(C)c(CC)c([Si](C)(C)C)c(C(N)=O)c1Cl. The maximum absolute atomic E-state index is 11.9. The summed E-state index contributed by atoms with van der Waals surface area (Å²) in [4.78, 5) is 11.9. The number of carbonyl (C=O) groups excluding carboxylic acids is 1. The fourth-order valence-electron chi connectivity index (χ4n) is 2.87. The van der Waals surface area contributed by atoms with E-state index in [0.29, 0.717) is 10.6 Å². The van der Waals surface area contributed by atoms with Crippen molar-refractivity contribution in [2.45, 2.75) is 53.3 Å². The number of hydrogen-bond acceptors (Lipinski definition) is 1. The Morgan fingerprint density at radius 2 is 1.63 bits per heavy atom. The van der Waals surface area contributed by atoms with Gasteiger partial charge in [0.25, 0.3) is 0 Å². The number of nitrogens with two attached hydrogens (primary N) is 1. The number of benzene rings is 1. The maximum atomic E-state index is 11.9. The van der Waals surface area contributed by atoms with Crippen LogP contribution in [0.2, 0.25) is 24.7 Å². The minimum Gasteiger partial charge on any atom is -0.366 e. The van der Waals surface area contributed by atoms with E-state index in [1.165, 1.54) is 11.1 Å². The van der Waals surface area contributed by atoms with Crippen LogP contribution in [0.15, 0.2) is 0 Å². The highest BCUT2D eigenvalue weighted by atomic mass is 35.5. The molecule has 0 aliphatic heterocycles. The van der Waals surface area contributed by atoms with Gasteiger partial charge in [-0.3, -0.25) is 4.79 Å². The lowest BCUT2D eigenvalue weighted by Crippen LogP contribution is -2.46. The molecular weight excluding hydrogens is 274 g/mol. The third-order valence-corrected chi connectivity index (χ3v) is 6.11. The van der Waals surface area contributed by atoms with Crippen molar-refractivity contribution in [1.29, 1.82) is 0 Å². The van der Waals surface area contributed by atoms with Gasteiger partial charge < -0.3 is 5.73 Å². The third kappa shape index (κ3) is 2.87. The van der Waals surface area contributed by atoms with Gasteiger partial charge in [0.15, 0.2) is 0 Å². The average Bonchev–Trinajstić information content (AvgIpc) is 2.27. The van der Waals surface area contributed by atoms with Gasteiger partial charge in [0.2, 0.25) is 5.91 Å². The van der Waals surface area contributed by atoms with Gasteiger partial charge in [0, 0.05) is 0 Å². The highest BCUT2D eigenvalue weighted by Crippen LogP contribution is 2.29. The van der Waals surface area contributed by atoms with E-state index >= 15 is 0 Å². The summed E-state index contributed by atoms with van der Waals surface area (Å²) in [5.74, 6) is -0.396. The Labute approximate surface area is 122 Å². The first kappa shape index (κ1) is 16.3. The molecule has 0 fully saturated rings. The summed E-state index contributed by atoms with van der Waals surface area (Å²) < 4.78 is 0. The summed E-state index contributed by atoms with van der Waals surface area (Å²) in [6.07, 6.45) is 1.74. The van der Waals surface area contributed by atoms with Gasteiger partial charge in [-0.15, -0.1) is 0 Å². The van der Waals surface area contributed by atoms with Gasteiger partial charge >= 0.3 is 0 Å². The fourth-order valence-corrected chi connectivity index (χ4v) is 5.68. The van der Waals surface area contributed by atoms with Crippen molar-refractivity contribution in [2.75, 3.05) is 0 Å². The van der Waals surface area contributed by atoms with Crippen LogP contribution in [0.4, 0.5) is 0 Å². The van der Waals surface area contributed by atoms with Crippen molar-refractivity contribution < 1.29 is 4.79 Å². The molecule has 1 aromatic carbocycles. The molecule has 19 heavy (non-hydrogen) atoms. The Hall–Kier alpha value is -0.803. The summed E-state index contributed by atoms with van der Waals surface area (Å²) in [6.45, 7) is 13.0. The number of hydrogen-bond donors (Lipinski definition) is 1. The van der Waals surface area contributed by atoms with Gasteiger partial charge in [-0.1, -0.05) is 45.1 Å². The Kier molecular flexibility index (Phi) is 4.85. The van der Waals surface area contributed by atoms with Crippen LogP contribution in [-0.2, 0) is 12.8 Å². The van der Waals surface area contributed by atoms with E-state index in [1.54, 1.807) is 0 Å². The molecule has 0 spiro atoms. The number of primary amides is 1. The molecule has 0 saturated carbocycles. The van der Waals surface area contributed by atoms with Crippen molar-refractivity contribution in [3.8, 4) is 0 Å². The highest BCUT2D eigenvalue weighted by molar-refractivity contribution is 6.90. The Balaban J connectivity index is 3.93. The van der Waals surface area contributed by atoms with E-state index < -0.39 is 14.0 Å². The van der Waals surface area contributed by atoms with Crippen molar-refractivity contribution >= 4 is 30.8 Å². The molecule has 0 aromatic heterocycles. The van der Waals surface area contributed by atoms with Crippen molar-refractivity contribution in [3.63, 3.8) is 0 Å². The standard InChI is InChI=1S/C15H24ClNOSi/c1-7-10-9(3)11(8-2)14(19(4,5)6)12(13(10)16)15(17)18/h7-8H2,1-6H3,(H2,17,18). The van der Waals surface area contributed by atoms with Crippen LogP contribution in [0.5, 0.6) is 0 Å². The number of amides is 1. The zero-order chi connectivity index (χ0) is 15.0. The lowest BCUT2D eigenvalue weighted by molar-refractivity contribution is 0.100. The van der Waals surface area contributed by atoms with Crippen LogP contribution >= 0.6 is 11.6 Å². The molecule has 0 saturated heterocycles. The minimum absolute atomic E-state index is 0.396. The third-order valence-electron chi connectivity index (χ3n) is 3.65. The summed E-state index contributed by atoms with van der Waals surface area (Å²) in [7, 11) is -1.69. The largest absolute Gasteiger partial charge is 0.366 e. The van der Waals surface area contributed by atoms with Crippen LogP contribution < -0.4 is 10.9 Å². The summed E-state index contributed by atoms with van der Waals surface area (Å²) in [6, 6.07) is 0. The Morgan fingerprint density at radius 1 is 1.16 bits per heavy atom. The lowest BCUT2D eigenvalue weighted by atomic mass is 9.95. The van der Waals surface area contributed by atoms with E-state index in [1.807, 2.05) is 0 Å². The summed E-state index contributed by atoms with van der Waals surface area (Å²) in [5.41, 5.74) is 9.75. The van der Waals surface area contributed by atoms with Gasteiger partial charge in [0.05, 0.1) is 18.7 Å². The molecule has 0 bridgehead atoms. The first-order valence-corrected chi connectivity index (χ1v) is 10.7. The highest BCUT2D eigenvalue weighted by Gasteiger charge is 2.30. The van der Waals surface area contributed by atoms with Crippen LogP contribution in [0.25, 0.3) is 0 Å². The second-order valence-corrected chi connectivity index (χ2v) is 11.3. The molecule has 106 valence electrons. The summed E-state index contributed by atoms with van der Waals surface area (Å²) >= 11 is 6.47. The van der Waals surface area contributed by atoms with Gasteiger partial charge in [0.1, 0.15) is 0 Å². The second kappa shape index (κ2) is 5.67. The van der Waals surface area contributed by atoms with E-state index in [9.17, 15) is 4.79 Å². The van der Waals surface area contributed by atoms with Crippen LogP contribution in [0.3, 0.4) is 0 Å². The number of rotatable bonds is 4. The first-order valence-electron chi connectivity index (χ1n) is 6.80. The molecule has 2 N–H and O–H groups in total. The topological polar surface area (TPSA) is 43.1 Å². The molecule has 0 unspecified atom stereocenters. The molecule has 2 nitrogen and oxygen atoms in total. The predicted octanol–water partition coefficient (Wildman–Crippen LogP) is 3.42. The van der Waals surface area contributed by atoms with E-state index in [2.05, 4.69) is 40.4 Å². The average molecular weight is 298 g/mol. The van der Waals surface area contributed by atoms with Crippen molar-refractivity contribution in [3.05, 3.63) is 27.3 Å². The molecule has 1 rings (SSSR count). The molecule has 0 aliphatic rings. The quantitative estimate of drug-likeness (QED) is 0.850. The molecule has 0 atom stereocenters. The van der Waals surface area contributed by atoms with E-state index in [4.69, 9.17) is 17.3 Å². The monoisotopic (exact) mass is 297 g/mol. The molecule has 0 aliphatic carbocycles. The first-order chi connectivity index (χ1) is 8.66.